The quantitative estimate of drug-likeness (QED) is 0.598. The fourth-order valence-electron chi connectivity index (χ4n) is 1.46. The third kappa shape index (κ3) is 1.08. The fraction of sp³-hybridized carbons (Fsp3) is 1.00. The van der Waals surface area contributed by atoms with Crippen LogP contribution in [-0.2, 0) is 0 Å². The largest absolute Gasteiger partial charge is 0.314 e. The molecule has 1 aliphatic rings. The van der Waals surface area contributed by atoms with Gasteiger partial charge in [0.15, 0.2) is 0 Å². The minimum atomic E-state index is -0.544. The number of rotatable bonds is 2. The maximum Gasteiger partial charge on any atom is 0.104 e. The van der Waals surface area contributed by atoms with Crippen molar-refractivity contribution >= 4 is 0 Å². The summed E-state index contributed by atoms with van der Waals surface area (Å²) in [4.78, 5) is 0. The molecule has 0 amide bonds. The van der Waals surface area contributed by atoms with E-state index in [-0.39, 0.29) is 5.54 Å². The highest BCUT2D eigenvalue weighted by molar-refractivity contribution is 4.99. The summed E-state index contributed by atoms with van der Waals surface area (Å²) >= 11 is 0. The molecule has 0 saturated heterocycles. The Morgan fingerprint density at radius 1 is 1.67 bits per heavy atom. The van der Waals surface area contributed by atoms with Gasteiger partial charge in [0.05, 0.1) is 0 Å². The van der Waals surface area contributed by atoms with Crippen LogP contribution in [0.2, 0.25) is 0 Å². The first-order valence-electron chi connectivity index (χ1n) is 3.55. The molecule has 54 valence electrons. The van der Waals surface area contributed by atoms with E-state index in [1.165, 1.54) is 0 Å². The lowest BCUT2D eigenvalue weighted by Gasteiger charge is -2.43. The van der Waals surface area contributed by atoms with E-state index >= 15 is 0 Å². The molecular formula is C7H14FN. The Labute approximate surface area is 55.6 Å². The van der Waals surface area contributed by atoms with Gasteiger partial charge >= 0.3 is 0 Å². The second kappa shape index (κ2) is 2.25. The third-order valence-electron chi connectivity index (χ3n) is 2.43. The molecule has 1 N–H and O–H groups in total. The molecule has 0 aromatic heterocycles. The molecule has 0 aliphatic heterocycles. The van der Waals surface area contributed by atoms with Crippen LogP contribution in [-0.4, -0.2) is 18.8 Å². The molecule has 9 heavy (non-hydrogen) atoms. The van der Waals surface area contributed by atoms with E-state index in [0.717, 1.165) is 6.42 Å². The third-order valence-corrected chi connectivity index (χ3v) is 2.43. The summed E-state index contributed by atoms with van der Waals surface area (Å²) in [6.07, 6.45) is 1.92. The van der Waals surface area contributed by atoms with E-state index in [1.807, 2.05) is 7.05 Å². The highest BCUT2D eigenvalue weighted by Crippen LogP contribution is 2.36. The Balaban J connectivity index is 2.36. The van der Waals surface area contributed by atoms with Crippen LogP contribution in [0, 0.1) is 0 Å². The van der Waals surface area contributed by atoms with Gasteiger partial charge in [-0.1, -0.05) is 6.92 Å². The number of nitrogens with one attached hydrogen (secondary N) is 1. The summed E-state index contributed by atoms with van der Waals surface area (Å²) in [6, 6.07) is 0. The lowest BCUT2D eigenvalue weighted by atomic mass is 9.73. The van der Waals surface area contributed by atoms with Gasteiger partial charge in [-0.2, -0.15) is 0 Å². The second-order valence-corrected chi connectivity index (χ2v) is 2.89. The van der Waals surface area contributed by atoms with Gasteiger partial charge in [-0.05, 0) is 26.3 Å². The fourth-order valence-corrected chi connectivity index (χ4v) is 1.46. The molecule has 2 heteroatoms. The van der Waals surface area contributed by atoms with Crippen molar-refractivity contribution in [2.75, 3.05) is 7.05 Å². The minimum absolute atomic E-state index is 0.152. The number of hydrogen-bond acceptors (Lipinski definition) is 1. The van der Waals surface area contributed by atoms with Crippen molar-refractivity contribution < 1.29 is 4.39 Å². The second-order valence-electron chi connectivity index (χ2n) is 2.89. The number of hydrogen-bond donors (Lipinski definition) is 1. The van der Waals surface area contributed by atoms with Crippen LogP contribution in [0.3, 0.4) is 0 Å². The van der Waals surface area contributed by atoms with Crippen molar-refractivity contribution in [1.29, 1.82) is 0 Å². The highest BCUT2D eigenvalue weighted by Gasteiger charge is 2.41. The molecule has 0 aromatic rings. The Morgan fingerprint density at radius 2 is 2.22 bits per heavy atom. The van der Waals surface area contributed by atoms with Gasteiger partial charge in [-0.25, -0.2) is 4.39 Å². The van der Waals surface area contributed by atoms with Crippen molar-refractivity contribution in [3.63, 3.8) is 0 Å². The average molecular weight is 131 g/mol. The smallest absolute Gasteiger partial charge is 0.104 e. The van der Waals surface area contributed by atoms with Crippen molar-refractivity contribution in [3.05, 3.63) is 0 Å². The summed E-state index contributed by atoms with van der Waals surface area (Å²) in [5, 5.41) is 3.16. The van der Waals surface area contributed by atoms with Gasteiger partial charge in [0, 0.05) is 5.54 Å². The zero-order valence-corrected chi connectivity index (χ0v) is 6.08. The number of alkyl halides is 1. The average Bonchev–Trinajstić information content (AvgIpc) is 1.81. The van der Waals surface area contributed by atoms with Crippen LogP contribution in [0.15, 0.2) is 0 Å². The minimum Gasteiger partial charge on any atom is -0.314 e. The predicted molar refractivity (Wildman–Crippen MR) is 36.2 cm³/mol. The molecule has 1 rings (SSSR count). The summed E-state index contributed by atoms with van der Waals surface area (Å²) in [5.41, 5.74) is 0.152. The normalized spacial score (nSPS) is 42.3. The molecule has 1 fully saturated rings. The lowest BCUT2D eigenvalue weighted by molar-refractivity contribution is 0.0704. The molecule has 0 heterocycles. The first-order valence-corrected chi connectivity index (χ1v) is 3.55. The monoisotopic (exact) mass is 131 g/mol. The lowest BCUT2D eigenvalue weighted by Crippen LogP contribution is -2.54. The van der Waals surface area contributed by atoms with Crippen molar-refractivity contribution in [3.8, 4) is 0 Å². The van der Waals surface area contributed by atoms with E-state index in [2.05, 4.69) is 12.2 Å². The topological polar surface area (TPSA) is 12.0 Å². The van der Waals surface area contributed by atoms with E-state index in [4.69, 9.17) is 0 Å². The van der Waals surface area contributed by atoms with Crippen molar-refractivity contribution in [2.24, 2.45) is 0 Å². The summed E-state index contributed by atoms with van der Waals surface area (Å²) in [7, 11) is 1.91. The maximum atomic E-state index is 12.3. The highest BCUT2D eigenvalue weighted by atomic mass is 19.1. The van der Waals surface area contributed by atoms with Crippen LogP contribution in [0.5, 0.6) is 0 Å². The van der Waals surface area contributed by atoms with Crippen LogP contribution < -0.4 is 5.32 Å². The van der Waals surface area contributed by atoms with Crippen LogP contribution in [0.25, 0.3) is 0 Å². The Morgan fingerprint density at radius 3 is 2.33 bits per heavy atom. The molecular weight excluding hydrogens is 117 g/mol. The molecule has 0 aromatic carbocycles. The number of halogens is 1. The van der Waals surface area contributed by atoms with Crippen LogP contribution in [0.4, 0.5) is 4.39 Å². The van der Waals surface area contributed by atoms with Gasteiger partial charge < -0.3 is 5.32 Å². The SMILES string of the molecule is CCC1(NC)CC(F)C1. The molecule has 0 spiro atoms. The summed E-state index contributed by atoms with van der Waals surface area (Å²) in [6.45, 7) is 2.10. The van der Waals surface area contributed by atoms with E-state index < -0.39 is 6.17 Å². The zero-order chi connectivity index (χ0) is 6.91. The molecule has 1 saturated carbocycles. The van der Waals surface area contributed by atoms with E-state index in [0.29, 0.717) is 12.8 Å². The first kappa shape index (κ1) is 7.00. The molecule has 1 nitrogen and oxygen atoms in total. The van der Waals surface area contributed by atoms with Crippen molar-refractivity contribution in [2.45, 2.75) is 37.9 Å². The Hall–Kier alpha value is -0.110. The van der Waals surface area contributed by atoms with Crippen molar-refractivity contribution in [1.82, 2.24) is 5.32 Å². The maximum absolute atomic E-state index is 12.3. The van der Waals surface area contributed by atoms with E-state index in [9.17, 15) is 4.39 Å². The molecule has 0 atom stereocenters. The van der Waals surface area contributed by atoms with Crippen LogP contribution in [0.1, 0.15) is 26.2 Å². The standard InChI is InChI=1S/C7H14FN/c1-3-7(9-2)4-6(8)5-7/h6,9H,3-5H2,1-2H3. The molecule has 0 radical (unpaired) electrons. The predicted octanol–water partition coefficient (Wildman–Crippen LogP) is 1.49. The van der Waals surface area contributed by atoms with Gasteiger partial charge in [-0.3, -0.25) is 0 Å². The Kier molecular flexibility index (Phi) is 1.75. The van der Waals surface area contributed by atoms with Gasteiger partial charge in [0.2, 0.25) is 0 Å². The van der Waals surface area contributed by atoms with Gasteiger partial charge in [0.25, 0.3) is 0 Å². The molecule has 0 unspecified atom stereocenters. The summed E-state index contributed by atoms with van der Waals surface area (Å²) < 4.78 is 12.3. The summed E-state index contributed by atoms with van der Waals surface area (Å²) in [5.74, 6) is 0. The van der Waals surface area contributed by atoms with Crippen LogP contribution >= 0.6 is 0 Å². The first-order chi connectivity index (χ1) is 4.22. The van der Waals surface area contributed by atoms with E-state index in [1.54, 1.807) is 0 Å². The van der Waals surface area contributed by atoms with Gasteiger partial charge in [-0.15, -0.1) is 0 Å². The Bertz CT molecular complexity index is 91.1. The zero-order valence-electron chi connectivity index (χ0n) is 6.08. The molecule has 1 aliphatic carbocycles. The van der Waals surface area contributed by atoms with Gasteiger partial charge in [0.1, 0.15) is 6.17 Å². The molecule has 0 bridgehead atoms.